The molecule has 5 nitrogen and oxygen atoms in total. The van der Waals surface area contributed by atoms with Crippen molar-refractivity contribution in [2.45, 2.75) is 25.9 Å². The first-order valence-corrected chi connectivity index (χ1v) is 6.59. The Morgan fingerprint density at radius 1 is 1.43 bits per heavy atom. The Kier molecular flexibility index (Phi) is 4.09. The van der Waals surface area contributed by atoms with Crippen LogP contribution in [0.2, 0.25) is 0 Å². The highest BCUT2D eigenvalue weighted by Gasteiger charge is 2.42. The van der Waals surface area contributed by atoms with Gasteiger partial charge < -0.3 is 15.7 Å². The lowest BCUT2D eigenvalue weighted by atomic mass is 9.96. The molecular formula is C15H17FN2O3. The van der Waals surface area contributed by atoms with Gasteiger partial charge in [0.05, 0.1) is 11.6 Å². The van der Waals surface area contributed by atoms with Crippen molar-refractivity contribution in [2.24, 2.45) is 5.73 Å². The Hall–Kier alpha value is -2.21. The molecular weight excluding hydrogens is 275 g/mol. The van der Waals surface area contributed by atoms with Crippen LogP contribution in [0.3, 0.4) is 0 Å². The standard InChI is InChI=1S/C15H17FN2O3/c1-8(17)7-18-13(10-3-5-11(16)6-4-10)12(9(2)19)14(20)15(18)21/h3-6,8,13,20H,7,17H2,1-2H3. The topological polar surface area (TPSA) is 83.6 Å². The van der Waals surface area contributed by atoms with Crippen LogP contribution in [0, 0.1) is 5.82 Å². The number of carbonyl (C=O) groups excluding carboxylic acids is 2. The van der Waals surface area contributed by atoms with Gasteiger partial charge >= 0.3 is 0 Å². The van der Waals surface area contributed by atoms with Crippen LogP contribution in [0.5, 0.6) is 0 Å². The Bertz CT molecular complexity index is 608. The van der Waals surface area contributed by atoms with Gasteiger partial charge in [-0.2, -0.15) is 0 Å². The highest BCUT2D eigenvalue weighted by Crippen LogP contribution is 2.37. The van der Waals surface area contributed by atoms with Gasteiger partial charge in [0.15, 0.2) is 11.5 Å². The summed E-state index contributed by atoms with van der Waals surface area (Å²) in [5.74, 6) is -2.01. The molecule has 2 atom stereocenters. The van der Waals surface area contributed by atoms with Gasteiger partial charge in [-0.3, -0.25) is 9.59 Å². The molecule has 0 aromatic heterocycles. The Morgan fingerprint density at radius 2 is 2.00 bits per heavy atom. The van der Waals surface area contributed by atoms with Crippen molar-refractivity contribution in [2.75, 3.05) is 6.54 Å². The molecule has 6 heteroatoms. The first-order valence-electron chi connectivity index (χ1n) is 6.59. The number of amides is 1. The number of nitrogens with zero attached hydrogens (tertiary/aromatic N) is 1. The zero-order chi connectivity index (χ0) is 15.7. The van der Waals surface area contributed by atoms with Gasteiger partial charge in [0.2, 0.25) is 0 Å². The number of benzene rings is 1. The third kappa shape index (κ3) is 2.80. The van der Waals surface area contributed by atoms with E-state index in [-0.39, 0.29) is 18.2 Å². The van der Waals surface area contributed by atoms with Crippen LogP contribution < -0.4 is 5.73 Å². The van der Waals surface area contributed by atoms with Gasteiger partial charge in [0.25, 0.3) is 5.91 Å². The maximum atomic E-state index is 13.1. The van der Waals surface area contributed by atoms with E-state index in [1.54, 1.807) is 6.92 Å². The van der Waals surface area contributed by atoms with Crippen LogP contribution in [-0.2, 0) is 9.59 Å². The van der Waals surface area contributed by atoms with Gasteiger partial charge in [0, 0.05) is 12.6 Å². The summed E-state index contributed by atoms with van der Waals surface area (Å²) >= 11 is 0. The molecule has 1 heterocycles. The predicted octanol–water partition coefficient (Wildman–Crippen LogP) is 1.46. The minimum absolute atomic E-state index is 0.0206. The SMILES string of the molecule is CC(=O)C1=C(O)C(=O)N(CC(C)N)C1c1ccc(F)cc1. The lowest BCUT2D eigenvalue weighted by molar-refractivity contribution is -0.129. The van der Waals surface area contributed by atoms with Gasteiger partial charge in [-0.05, 0) is 31.5 Å². The van der Waals surface area contributed by atoms with E-state index >= 15 is 0 Å². The monoisotopic (exact) mass is 292 g/mol. The van der Waals surface area contributed by atoms with Crippen LogP contribution in [0.25, 0.3) is 0 Å². The number of hydrogen-bond acceptors (Lipinski definition) is 4. The van der Waals surface area contributed by atoms with Crippen LogP contribution in [0.1, 0.15) is 25.5 Å². The van der Waals surface area contributed by atoms with Crippen molar-refractivity contribution in [1.82, 2.24) is 4.90 Å². The number of rotatable bonds is 4. The number of hydrogen-bond donors (Lipinski definition) is 2. The minimum Gasteiger partial charge on any atom is -0.503 e. The third-order valence-electron chi connectivity index (χ3n) is 3.35. The second-order valence-electron chi connectivity index (χ2n) is 5.21. The zero-order valence-corrected chi connectivity index (χ0v) is 11.8. The van der Waals surface area contributed by atoms with E-state index in [1.807, 2.05) is 0 Å². The lowest BCUT2D eigenvalue weighted by Gasteiger charge is -2.28. The van der Waals surface area contributed by atoms with E-state index < -0.39 is 29.3 Å². The largest absolute Gasteiger partial charge is 0.503 e. The van der Waals surface area contributed by atoms with Crippen LogP contribution in [0.4, 0.5) is 4.39 Å². The van der Waals surface area contributed by atoms with Crippen molar-refractivity contribution in [1.29, 1.82) is 0 Å². The van der Waals surface area contributed by atoms with Crippen molar-refractivity contribution in [3.05, 3.63) is 47.0 Å². The molecule has 2 rings (SSSR count). The molecule has 0 saturated heterocycles. The number of carbonyl (C=O) groups is 2. The van der Waals surface area contributed by atoms with Crippen molar-refractivity contribution in [3.63, 3.8) is 0 Å². The predicted molar refractivity (Wildman–Crippen MR) is 74.8 cm³/mol. The van der Waals surface area contributed by atoms with Crippen LogP contribution in [-0.4, -0.2) is 34.3 Å². The second-order valence-corrected chi connectivity index (χ2v) is 5.21. The molecule has 0 saturated carbocycles. The van der Waals surface area contributed by atoms with Crippen LogP contribution >= 0.6 is 0 Å². The van der Waals surface area contributed by atoms with Gasteiger partial charge in [-0.15, -0.1) is 0 Å². The number of Topliss-reactive ketones (excluding diaryl/α,β-unsaturated/α-hetero) is 1. The summed E-state index contributed by atoms with van der Waals surface area (Å²) in [4.78, 5) is 25.3. The molecule has 1 aliphatic heterocycles. The summed E-state index contributed by atoms with van der Waals surface area (Å²) < 4.78 is 13.1. The average Bonchev–Trinajstić information content (AvgIpc) is 2.64. The van der Waals surface area contributed by atoms with Gasteiger partial charge in [-0.1, -0.05) is 12.1 Å². The lowest BCUT2D eigenvalue weighted by Crippen LogP contribution is -2.39. The van der Waals surface area contributed by atoms with Crippen molar-refractivity contribution >= 4 is 11.7 Å². The molecule has 21 heavy (non-hydrogen) atoms. The highest BCUT2D eigenvalue weighted by molar-refractivity contribution is 6.08. The summed E-state index contributed by atoms with van der Waals surface area (Å²) in [5, 5.41) is 9.95. The number of ketones is 1. The fourth-order valence-electron chi connectivity index (χ4n) is 2.50. The van der Waals surface area contributed by atoms with Gasteiger partial charge in [0.1, 0.15) is 5.82 Å². The van der Waals surface area contributed by atoms with Crippen molar-refractivity contribution in [3.8, 4) is 0 Å². The molecule has 2 unspecified atom stereocenters. The molecule has 0 radical (unpaired) electrons. The molecule has 1 aromatic rings. The maximum Gasteiger partial charge on any atom is 0.290 e. The van der Waals surface area contributed by atoms with Crippen molar-refractivity contribution < 1.29 is 19.1 Å². The second kappa shape index (κ2) is 5.65. The van der Waals surface area contributed by atoms with E-state index in [0.717, 1.165) is 0 Å². The first kappa shape index (κ1) is 15.2. The average molecular weight is 292 g/mol. The van der Waals surface area contributed by atoms with E-state index in [2.05, 4.69) is 0 Å². The molecule has 0 bridgehead atoms. The third-order valence-corrected chi connectivity index (χ3v) is 3.35. The quantitative estimate of drug-likeness (QED) is 0.880. The maximum absolute atomic E-state index is 13.1. The summed E-state index contributed by atoms with van der Waals surface area (Å²) in [5.41, 5.74) is 6.30. The summed E-state index contributed by atoms with van der Waals surface area (Å²) in [6.45, 7) is 3.18. The van der Waals surface area contributed by atoms with Crippen LogP contribution in [0.15, 0.2) is 35.6 Å². The Balaban J connectivity index is 2.51. The van der Waals surface area contributed by atoms with E-state index in [4.69, 9.17) is 5.73 Å². The fourth-order valence-corrected chi connectivity index (χ4v) is 2.50. The minimum atomic E-state index is -0.735. The molecule has 0 fully saturated rings. The summed E-state index contributed by atoms with van der Waals surface area (Å²) in [6.07, 6.45) is 0. The summed E-state index contributed by atoms with van der Waals surface area (Å²) in [6, 6.07) is 4.41. The highest BCUT2D eigenvalue weighted by atomic mass is 19.1. The molecule has 3 N–H and O–H groups in total. The molecule has 0 aliphatic carbocycles. The molecule has 112 valence electrons. The zero-order valence-electron chi connectivity index (χ0n) is 11.8. The fraction of sp³-hybridized carbons (Fsp3) is 0.333. The molecule has 0 spiro atoms. The number of aliphatic hydroxyl groups is 1. The Labute approximate surface area is 121 Å². The number of aliphatic hydroxyl groups excluding tert-OH is 1. The van der Waals surface area contributed by atoms with E-state index in [9.17, 15) is 19.1 Å². The smallest absolute Gasteiger partial charge is 0.290 e. The van der Waals surface area contributed by atoms with E-state index in [0.29, 0.717) is 5.56 Å². The Morgan fingerprint density at radius 3 is 2.48 bits per heavy atom. The van der Waals surface area contributed by atoms with Gasteiger partial charge in [-0.25, -0.2) is 4.39 Å². The van der Waals surface area contributed by atoms with E-state index in [1.165, 1.54) is 36.1 Å². The normalized spacial score (nSPS) is 20.1. The molecule has 1 aliphatic rings. The number of halogens is 1. The molecule has 1 amide bonds. The number of nitrogens with two attached hydrogens (primary N) is 1. The summed E-state index contributed by atoms with van der Waals surface area (Å²) in [7, 11) is 0. The molecule has 1 aromatic carbocycles. The first-order chi connectivity index (χ1) is 9.82.